The number of nitrogens with one attached hydrogen (secondary N) is 2. The molecule has 2 aromatic heterocycles. The number of amides is 1. The van der Waals surface area contributed by atoms with E-state index in [0.29, 0.717) is 0 Å². The highest BCUT2D eigenvalue weighted by Crippen LogP contribution is 2.33. The van der Waals surface area contributed by atoms with Gasteiger partial charge in [0.2, 0.25) is 5.91 Å². The number of carbonyl (C=O) groups excluding carboxylic acids is 1. The van der Waals surface area contributed by atoms with Gasteiger partial charge in [0.1, 0.15) is 34.1 Å². The quantitative estimate of drug-likeness (QED) is 0.290. The van der Waals surface area contributed by atoms with Crippen LogP contribution in [0.15, 0.2) is 32.5 Å². The highest BCUT2D eigenvalue weighted by molar-refractivity contribution is 8.00. The summed E-state index contributed by atoms with van der Waals surface area (Å²) in [7, 11) is 1.44. The number of carbonyl (C=O) groups is 2. The molecule has 0 aliphatic rings. The number of benzene rings is 1. The maximum absolute atomic E-state index is 12.4. The number of carboxylic acid groups (broad SMARTS) is 1. The molecule has 0 atom stereocenters. The van der Waals surface area contributed by atoms with Crippen molar-refractivity contribution in [2.75, 3.05) is 16.8 Å². The summed E-state index contributed by atoms with van der Waals surface area (Å²) in [5.41, 5.74) is 4.54. The van der Waals surface area contributed by atoms with E-state index in [1.54, 1.807) is 0 Å². The number of aromatic nitrogens is 3. The van der Waals surface area contributed by atoms with Gasteiger partial charge in [0, 0.05) is 5.69 Å². The summed E-state index contributed by atoms with van der Waals surface area (Å²) in [5.74, 6) is -2.28. The highest BCUT2D eigenvalue weighted by Gasteiger charge is 2.31. The van der Waals surface area contributed by atoms with E-state index in [0.717, 1.165) is 11.8 Å². The van der Waals surface area contributed by atoms with E-state index in [9.17, 15) is 24.9 Å². The zero-order valence-electron chi connectivity index (χ0n) is 16.7. The van der Waals surface area contributed by atoms with Crippen LogP contribution in [0.3, 0.4) is 0 Å². The van der Waals surface area contributed by atoms with Crippen LogP contribution in [0.4, 0.5) is 11.5 Å². The Morgan fingerprint density at radius 1 is 1.36 bits per heavy atom. The Balaban J connectivity index is 1.92. The van der Waals surface area contributed by atoms with Crippen molar-refractivity contribution < 1.29 is 23.9 Å². The first-order valence-electron chi connectivity index (χ1n) is 8.85. The average Bonchev–Trinajstić information content (AvgIpc) is 3.10. The van der Waals surface area contributed by atoms with Gasteiger partial charge in [-0.3, -0.25) is 9.32 Å². The van der Waals surface area contributed by atoms with Crippen LogP contribution >= 0.6 is 23.4 Å². The minimum absolute atomic E-state index is 0.0146. The number of pyridine rings is 1. The Hall–Kier alpha value is -4.33. The minimum Gasteiger partial charge on any atom is -0.478 e. The predicted octanol–water partition coefficient (Wildman–Crippen LogP) is 1.26. The van der Waals surface area contributed by atoms with E-state index in [1.165, 1.54) is 29.9 Å². The van der Waals surface area contributed by atoms with Gasteiger partial charge >= 0.3 is 17.3 Å². The molecular weight excluding hydrogens is 474 g/mol. The molecule has 0 bridgehead atoms. The Morgan fingerprint density at radius 3 is 2.64 bits per heavy atom. The summed E-state index contributed by atoms with van der Waals surface area (Å²) in [5, 5.41) is 33.2. The van der Waals surface area contributed by atoms with Crippen molar-refractivity contribution in [3.05, 3.63) is 50.3 Å². The molecule has 1 amide bonds. The van der Waals surface area contributed by atoms with Crippen LogP contribution in [0, 0.1) is 22.7 Å². The van der Waals surface area contributed by atoms with Crippen molar-refractivity contribution >= 4 is 46.7 Å². The van der Waals surface area contributed by atoms with Gasteiger partial charge in [-0.05, 0) is 23.5 Å². The van der Waals surface area contributed by atoms with E-state index in [-0.39, 0.29) is 55.3 Å². The molecule has 3 rings (SSSR count). The molecule has 33 heavy (non-hydrogen) atoms. The summed E-state index contributed by atoms with van der Waals surface area (Å²) >= 11 is 6.66. The fraction of sp³-hybridized carbons (Fsp3) is 0.105. The second-order valence-corrected chi connectivity index (χ2v) is 7.75. The van der Waals surface area contributed by atoms with Crippen molar-refractivity contribution in [3.63, 3.8) is 0 Å². The number of anilines is 2. The molecule has 0 radical (unpaired) electrons. The van der Waals surface area contributed by atoms with Crippen molar-refractivity contribution in [1.82, 2.24) is 10.3 Å². The summed E-state index contributed by atoms with van der Waals surface area (Å²) in [4.78, 5) is 39.8. The average molecular weight is 487 g/mol. The Labute approximate surface area is 194 Å². The second kappa shape index (κ2) is 9.44. The van der Waals surface area contributed by atoms with Crippen molar-refractivity contribution in [2.45, 2.75) is 5.03 Å². The van der Waals surface area contributed by atoms with Crippen LogP contribution in [0.5, 0.6) is 0 Å². The standard InChI is InChI=1S/C19H12ClN7O5S/c1-27-15(19(31)32-26-27)14-10(5-21)16(23)25-17(11(14)6-22)33-7-13(28)24-8-2-3-12(20)9(4-8)18(29)30/h2-4H,7H2,1H3,(H4-,23,24,25,26,28,29,30,31)/p+1. The lowest BCUT2D eigenvalue weighted by Crippen LogP contribution is -2.34. The monoisotopic (exact) mass is 486 g/mol. The third-order valence-electron chi connectivity index (χ3n) is 4.28. The maximum atomic E-state index is 12.4. The topological polar surface area (TPSA) is 203 Å². The number of H-pyrrole nitrogens is 1. The fourth-order valence-electron chi connectivity index (χ4n) is 2.85. The number of aromatic carboxylic acids is 1. The number of aryl methyl sites for hydroxylation is 1. The van der Waals surface area contributed by atoms with Crippen LogP contribution in [0.1, 0.15) is 21.5 Å². The first-order chi connectivity index (χ1) is 15.7. The molecule has 0 aliphatic heterocycles. The number of nitrogen functional groups attached to an aromatic ring is 1. The molecule has 0 saturated heterocycles. The first-order valence-corrected chi connectivity index (χ1v) is 10.2. The van der Waals surface area contributed by atoms with Crippen LogP contribution < -0.4 is 21.4 Å². The number of carboxylic acids is 1. The van der Waals surface area contributed by atoms with Gasteiger partial charge in [0.25, 0.3) is 0 Å². The molecule has 3 aromatic rings. The predicted molar refractivity (Wildman–Crippen MR) is 115 cm³/mol. The van der Waals surface area contributed by atoms with Crippen LogP contribution in [0.25, 0.3) is 11.3 Å². The smallest absolute Gasteiger partial charge is 0.435 e. The molecule has 14 heteroatoms. The zero-order chi connectivity index (χ0) is 24.3. The summed E-state index contributed by atoms with van der Waals surface area (Å²) in [6.07, 6.45) is 0. The van der Waals surface area contributed by atoms with E-state index >= 15 is 0 Å². The molecule has 0 unspecified atom stereocenters. The molecule has 0 fully saturated rings. The van der Waals surface area contributed by atoms with Gasteiger partial charge in [-0.2, -0.15) is 10.5 Å². The number of nitriles is 2. The van der Waals surface area contributed by atoms with Gasteiger partial charge in [-0.15, -0.1) is 0 Å². The van der Waals surface area contributed by atoms with Gasteiger partial charge < -0.3 is 16.2 Å². The van der Waals surface area contributed by atoms with E-state index in [1.807, 2.05) is 12.1 Å². The van der Waals surface area contributed by atoms with Gasteiger partial charge in [0.15, 0.2) is 7.05 Å². The van der Waals surface area contributed by atoms with Gasteiger partial charge in [-0.1, -0.05) is 28.0 Å². The summed E-state index contributed by atoms with van der Waals surface area (Å²) < 4.78 is 5.89. The SMILES string of the molecule is C[n+]1[nH]oc(=O)c1-c1c(C#N)c(N)nc(SCC(=O)Nc2ccc(Cl)c(C(=O)O)c2)c1C#N. The zero-order valence-corrected chi connectivity index (χ0v) is 18.2. The number of halogens is 1. The number of thioether (sulfide) groups is 1. The van der Waals surface area contributed by atoms with Crippen molar-refractivity contribution in [3.8, 4) is 23.4 Å². The number of hydrogen-bond acceptors (Lipinski definition) is 9. The number of nitrogens with two attached hydrogens (primary N) is 1. The molecule has 0 spiro atoms. The Bertz CT molecular complexity index is 1430. The normalized spacial score (nSPS) is 10.3. The Kier molecular flexibility index (Phi) is 6.67. The van der Waals surface area contributed by atoms with E-state index < -0.39 is 17.5 Å². The lowest BCUT2D eigenvalue weighted by Gasteiger charge is -2.10. The largest absolute Gasteiger partial charge is 0.478 e. The maximum Gasteiger partial charge on any atom is 0.435 e. The van der Waals surface area contributed by atoms with Crippen LogP contribution in [-0.4, -0.2) is 33.0 Å². The molecule has 0 saturated carbocycles. The second-order valence-electron chi connectivity index (χ2n) is 6.38. The lowest BCUT2D eigenvalue weighted by molar-refractivity contribution is -0.730. The number of hydrogen-bond donors (Lipinski definition) is 4. The third-order valence-corrected chi connectivity index (χ3v) is 5.58. The number of nitrogens with zero attached hydrogens (tertiary/aromatic N) is 4. The Morgan fingerprint density at radius 2 is 2.06 bits per heavy atom. The molecule has 1 aromatic carbocycles. The molecule has 166 valence electrons. The number of rotatable bonds is 6. The summed E-state index contributed by atoms with van der Waals surface area (Å²) in [6.45, 7) is 0. The minimum atomic E-state index is -1.25. The van der Waals surface area contributed by atoms with Gasteiger partial charge in [0.05, 0.1) is 21.9 Å². The van der Waals surface area contributed by atoms with Crippen LogP contribution in [-0.2, 0) is 11.8 Å². The van der Waals surface area contributed by atoms with Crippen molar-refractivity contribution in [1.29, 1.82) is 10.5 Å². The molecular formula is C19H13ClN7O5S+. The number of aromatic amines is 1. The lowest BCUT2D eigenvalue weighted by atomic mass is 10.0. The van der Waals surface area contributed by atoms with E-state index in [2.05, 4.69) is 15.6 Å². The molecule has 2 heterocycles. The molecule has 0 aliphatic carbocycles. The molecule has 5 N–H and O–H groups in total. The molecule has 12 nitrogen and oxygen atoms in total. The van der Waals surface area contributed by atoms with Gasteiger partial charge in [-0.25, -0.2) is 14.6 Å². The third kappa shape index (κ3) is 4.64. The van der Waals surface area contributed by atoms with Crippen molar-refractivity contribution in [2.24, 2.45) is 7.05 Å². The summed E-state index contributed by atoms with van der Waals surface area (Å²) in [6, 6.07) is 7.70. The van der Waals surface area contributed by atoms with E-state index in [4.69, 9.17) is 27.0 Å². The highest BCUT2D eigenvalue weighted by atomic mass is 35.5. The van der Waals surface area contributed by atoms with Crippen LogP contribution in [0.2, 0.25) is 5.02 Å². The first kappa shape index (κ1) is 23.3. The fourth-order valence-corrected chi connectivity index (χ4v) is 3.84.